The number of nitrogens with one attached hydrogen (secondary N) is 1. The number of ether oxygens (including phenoxy) is 1. The van der Waals surface area contributed by atoms with Crippen molar-refractivity contribution in [3.63, 3.8) is 0 Å². The van der Waals surface area contributed by atoms with Crippen molar-refractivity contribution in [3.05, 3.63) is 46.8 Å². The summed E-state index contributed by atoms with van der Waals surface area (Å²) in [6.07, 6.45) is 4.76. The van der Waals surface area contributed by atoms with Crippen LogP contribution in [-0.4, -0.2) is 21.3 Å². The number of aryl methyl sites for hydroxylation is 2. The number of aromatic nitrogens is 2. The zero-order valence-corrected chi connectivity index (χ0v) is 11.1. The standard InChI is InChI=1S/C15H16N2O3/c18-15(19)14-8-12(16-17-14)9-20-13-6-5-10-3-1-2-4-11(10)7-13/h5-8H,1-4,9H2,(H,16,17)(H,18,19). The van der Waals surface area contributed by atoms with Crippen molar-refractivity contribution < 1.29 is 14.6 Å². The number of carbonyl (C=O) groups is 1. The predicted molar refractivity (Wildman–Crippen MR) is 73.0 cm³/mol. The summed E-state index contributed by atoms with van der Waals surface area (Å²) in [6.45, 7) is 0.291. The monoisotopic (exact) mass is 272 g/mol. The molecule has 0 radical (unpaired) electrons. The highest BCUT2D eigenvalue weighted by Crippen LogP contribution is 2.25. The molecule has 20 heavy (non-hydrogen) atoms. The average molecular weight is 272 g/mol. The minimum absolute atomic E-state index is 0.00837. The average Bonchev–Trinajstić information content (AvgIpc) is 2.94. The Morgan fingerprint density at radius 3 is 2.80 bits per heavy atom. The van der Waals surface area contributed by atoms with Crippen LogP contribution in [0.25, 0.3) is 0 Å². The molecule has 1 aromatic carbocycles. The highest BCUT2D eigenvalue weighted by atomic mass is 16.5. The third kappa shape index (κ3) is 2.66. The van der Waals surface area contributed by atoms with Crippen LogP contribution in [0, 0.1) is 0 Å². The fourth-order valence-corrected chi connectivity index (χ4v) is 2.51. The number of benzene rings is 1. The van der Waals surface area contributed by atoms with Crippen molar-refractivity contribution >= 4 is 5.97 Å². The van der Waals surface area contributed by atoms with Crippen molar-refractivity contribution in [1.29, 1.82) is 0 Å². The van der Waals surface area contributed by atoms with Crippen LogP contribution in [-0.2, 0) is 19.4 Å². The van der Waals surface area contributed by atoms with Gasteiger partial charge in [-0.1, -0.05) is 6.07 Å². The molecular weight excluding hydrogens is 256 g/mol. The van der Waals surface area contributed by atoms with Gasteiger partial charge < -0.3 is 9.84 Å². The maximum absolute atomic E-state index is 10.7. The maximum atomic E-state index is 10.7. The molecule has 5 nitrogen and oxygen atoms in total. The van der Waals surface area contributed by atoms with Gasteiger partial charge in [0.1, 0.15) is 12.4 Å². The normalized spacial score (nSPS) is 13.8. The summed E-state index contributed by atoms with van der Waals surface area (Å²) in [5.74, 6) is -0.224. The summed E-state index contributed by atoms with van der Waals surface area (Å²) in [5, 5.41) is 15.2. The molecule has 0 aliphatic heterocycles. The summed E-state index contributed by atoms with van der Waals surface area (Å²) < 4.78 is 5.69. The summed E-state index contributed by atoms with van der Waals surface area (Å²) in [7, 11) is 0. The molecule has 0 saturated carbocycles. The first kappa shape index (κ1) is 12.7. The second-order valence-electron chi connectivity index (χ2n) is 5.01. The SMILES string of the molecule is O=C(O)c1cc(COc2ccc3c(c2)CCCC3)[nH]n1. The molecule has 0 saturated heterocycles. The van der Waals surface area contributed by atoms with E-state index in [9.17, 15) is 4.79 Å². The molecule has 0 bridgehead atoms. The van der Waals surface area contributed by atoms with E-state index < -0.39 is 5.97 Å². The number of carboxylic acid groups (broad SMARTS) is 1. The first-order valence-corrected chi connectivity index (χ1v) is 6.74. The van der Waals surface area contributed by atoms with Crippen molar-refractivity contribution in [2.24, 2.45) is 0 Å². The second kappa shape index (κ2) is 5.36. The fraction of sp³-hybridized carbons (Fsp3) is 0.333. The first-order chi connectivity index (χ1) is 9.72. The largest absolute Gasteiger partial charge is 0.487 e. The van der Waals surface area contributed by atoms with Crippen molar-refractivity contribution in [2.75, 3.05) is 0 Å². The van der Waals surface area contributed by atoms with E-state index in [0.717, 1.165) is 18.6 Å². The van der Waals surface area contributed by atoms with Gasteiger partial charge in [-0.2, -0.15) is 5.10 Å². The predicted octanol–water partition coefficient (Wildman–Crippen LogP) is 2.57. The zero-order chi connectivity index (χ0) is 13.9. The van der Waals surface area contributed by atoms with Crippen LogP contribution in [0.3, 0.4) is 0 Å². The Hall–Kier alpha value is -2.30. The lowest BCUT2D eigenvalue weighted by atomic mass is 9.92. The number of H-pyrrole nitrogens is 1. The van der Waals surface area contributed by atoms with Crippen molar-refractivity contribution in [1.82, 2.24) is 10.2 Å². The van der Waals surface area contributed by atoms with Gasteiger partial charge in [-0.15, -0.1) is 0 Å². The van der Waals surface area contributed by atoms with Crippen LogP contribution >= 0.6 is 0 Å². The van der Waals surface area contributed by atoms with Gasteiger partial charge in [0.25, 0.3) is 0 Å². The van der Waals surface area contributed by atoms with Gasteiger partial charge in [0.2, 0.25) is 0 Å². The topological polar surface area (TPSA) is 75.2 Å². The van der Waals surface area contributed by atoms with Crippen LogP contribution in [0.2, 0.25) is 0 Å². The van der Waals surface area contributed by atoms with E-state index in [1.807, 2.05) is 6.07 Å². The lowest BCUT2D eigenvalue weighted by Gasteiger charge is -2.16. The van der Waals surface area contributed by atoms with E-state index in [4.69, 9.17) is 9.84 Å². The molecule has 0 fully saturated rings. The van der Waals surface area contributed by atoms with Crippen molar-refractivity contribution in [3.8, 4) is 5.75 Å². The summed E-state index contributed by atoms with van der Waals surface area (Å²) >= 11 is 0. The summed E-state index contributed by atoms with van der Waals surface area (Å²) in [5.41, 5.74) is 3.44. The van der Waals surface area contributed by atoms with Crippen LogP contribution in [0.15, 0.2) is 24.3 Å². The quantitative estimate of drug-likeness (QED) is 0.897. The van der Waals surface area contributed by atoms with E-state index in [-0.39, 0.29) is 5.69 Å². The Labute approximate surface area is 116 Å². The number of nitrogens with zero attached hydrogens (tertiary/aromatic N) is 1. The number of carboxylic acids is 1. The number of hydrogen-bond acceptors (Lipinski definition) is 3. The molecule has 1 aromatic heterocycles. The highest BCUT2D eigenvalue weighted by Gasteiger charge is 2.11. The Morgan fingerprint density at radius 1 is 1.25 bits per heavy atom. The molecule has 0 spiro atoms. The molecule has 2 aromatic rings. The number of rotatable bonds is 4. The smallest absolute Gasteiger partial charge is 0.356 e. The first-order valence-electron chi connectivity index (χ1n) is 6.74. The second-order valence-corrected chi connectivity index (χ2v) is 5.01. The van der Waals surface area contributed by atoms with Crippen molar-refractivity contribution in [2.45, 2.75) is 32.3 Å². The van der Waals surface area contributed by atoms with Crippen LogP contribution in [0.1, 0.15) is 40.2 Å². The Kier molecular flexibility index (Phi) is 3.41. The number of aromatic carboxylic acids is 1. The van der Waals surface area contributed by atoms with Gasteiger partial charge in [-0.25, -0.2) is 4.79 Å². The van der Waals surface area contributed by atoms with Gasteiger partial charge in [0.15, 0.2) is 5.69 Å². The van der Waals surface area contributed by atoms with E-state index in [1.54, 1.807) is 0 Å². The lowest BCUT2D eigenvalue weighted by molar-refractivity contribution is 0.0690. The molecule has 0 atom stereocenters. The maximum Gasteiger partial charge on any atom is 0.356 e. The van der Waals surface area contributed by atoms with Crippen LogP contribution in [0.4, 0.5) is 0 Å². The molecular formula is C15H16N2O3. The van der Waals surface area contributed by atoms with Crippen LogP contribution in [0.5, 0.6) is 5.75 Å². The third-order valence-electron chi connectivity index (χ3n) is 3.56. The van der Waals surface area contributed by atoms with Gasteiger partial charge in [0, 0.05) is 0 Å². The molecule has 1 aliphatic rings. The van der Waals surface area contributed by atoms with E-state index in [2.05, 4.69) is 22.3 Å². The van der Waals surface area contributed by atoms with Gasteiger partial charge in [0.05, 0.1) is 5.69 Å². The Balaban J connectivity index is 1.67. The van der Waals surface area contributed by atoms with Crippen LogP contribution < -0.4 is 4.74 Å². The lowest BCUT2D eigenvalue weighted by Crippen LogP contribution is -2.03. The molecule has 1 heterocycles. The third-order valence-corrected chi connectivity index (χ3v) is 3.56. The highest BCUT2D eigenvalue weighted by molar-refractivity contribution is 5.85. The minimum atomic E-state index is -1.04. The van der Waals surface area contributed by atoms with E-state index in [0.29, 0.717) is 12.3 Å². The molecule has 1 aliphatic carbocycles. The summed E-state index contributed by atoms with van der Waals surface area (Å²) in [4.78, 5) is 10.7. The van der Waals surface area contributed by atoms with Gasteiger partial charge in [-0.3, -0.25) is 5.10 Å². The Bertz CT molecular complexity index is 634. The van der Waals surface area contributed by atoms with Gasteiger partial charge >= 0.3 is 5.97 Å². The minimum Gasteiger partial charge on any atom is -0.487 e. The fourth-order valence-electron chi connectivity index (χ4n) is 2.51. The zero-order valence-electron chi connectivity index (χ0n) is 11.1. The molecule has 0 unspecified atom stereocenters. The molecule has 2 N–H and O–H groups in total. The molecule has 0 amide bonds. The Morgan fingerprint density at radius 2 is 2.05 bits per heavy atom. The molecule has 3 rings (SSSR count). The molecule has 104 valence electrons. The number of hydrogen-bond donors (Lipinski definition) is 2. The van der Waals surface area contributed by atoms with Gasteiger partial charge in [-0.05, 0) is 55.0 Å². The summed E-state index contributed by atoms with van der Waals surface area (Å²) in [6, 6.07) is 7.67. The van der Waals surface area contributed by atoms with E-state index >= 15 is 0 Å². The molecule has 5 heteroatoms. The number of aromatic amines is 1. The number of fused-ring (bicyclic) bond motifs is 1. The van der Waals surface area contributed by atoms with E-state index in [1.165, 1.54) is 30.0 Å².